The lowest BCUT2D eigenvalue weighted by Crippen LogP contribution is -2.43. The molecule has 2 aromatic rings. The molecule has 0 saturated heterocycles. The average molecular weight is 349 g/mol. The molecular formula is C19H25F2N3O. The smallest absolute Gasteiger partial charge is 0.269 e. The summed E-state index contributed by atoms with van der Waals surface area (Å²) < 4.78 is 32.7. The van der Waals surface area contributed by atoms with Gasteiger partial charge in [0.05, 0.1) is 5.56 Å². The predicted molar refractivity (Wildman–Crippen MR) is 94.7 cm³/mol. The van der Waals surface area contributed by atoms with Crippen LogP contribution in [0.2, 0.25) is 0 Å². The zero-order valence-electron chi connectivity index (χ0n) is 15.1. The van der Waals surface area contributed by atoms with E-state index in [4.69, 9.17) is 10.5 Å². The van der Waals surface area contributed by atoms with Crippen molar-refractivity contribution in [2.24, 2.45) is 11.7 Å². The van der Waals surface area contributed by atoms with E-state index in [0.717, 1.165) is 12.0 Å². The Bertz CT molecular complexity index is 703. The van der Waals surface area contributed by atoms with Gasteiger partial charge in [-0.1, -0.05) is 13.8 Å². The van der Waals surface area contributed by atoms with Gasteiger partial charge in [0.1, 0.15) is 6.61 Å². The second-order valence-corrected chi connectivity index (χ2v) is 7.09. The number of hydrogen-bond donors (Lipinski definition) is 1. The summed E-state index contributed by atoms with van der Waals surface area (Å²) in [7, 11) is 0. The van der Waals surface area contributed by atoms with Crippen LogP contribution in [0.3, 0.4) is 0 Å². The van der Waals surface area contributed by atoms with Gasteiger partial charge < -0.3 is 10.5 Å². The molecule has 4 nitrogen and oxygen atoms in total. The van der Waals surface area contributed by atoms with Crippen LogP contribution >= 0.6 is 0 Å². The maximum atomic E-state index is 13.5. The summed E-state index contributed by atoms with van der Waals surface area (Å²) >= 11 is 0. The molecule has 136 valence electrons. The van der Waals surface area contributed by atoms with Crippen molar-refractivity contribution in [3.05, 3.63) is 41.9 Å². The minimum atomic E-state index is -2.68. The van der Waals surface area contributed by atoms with E-state index in [1.807, 2.05) is 6.92 Å². The summed E-state index contributed by atoms with van der Waals surface area (Å²) in [5.74, 6) is 0.336. The third kappa shape index (κ3) is 5.19. The third-order valence-corrected chi connectivity index (χ3v) is 3.85. The summed E-state index contributed by atoms with van der Waals surface area (Å²) in [6.45, 7) is 7.87. The number of aromatic nitrogens is 2. The largest absolute Gasteiger partial charge is 0.475 e. The van der Waals surface area contributed by atoms with Crippen molar-refractivity contribution < 1.29 is 13.5 Å². The molecule has 0 aliphatic carbocycles. The summed E-state index contributed by atoms with van der Waals surface area (Å²) in [6, 6.07) is 4.97. The van der Waals surface area contributed by atoms with Gasteiger partial charge in [-0.05, 0) is 49.9 Å². The number of aryl methyl sites for hydroxylation is 1. The van der Waals surface area contributed by atoms with Gasteiger partial charge in [0.2, 0.25) is 5.88 Å². The summed E-state index contributed by atoms with van der Waals surface area (Å²) in [6.07, 6.45) is 1.28. The topological polar surface area (TPSA) is 61.0 Å². The molecule has 25 heavy (non-hydrogen) atoms. The zero-order valence-corrected chi connectivity index (χ0v) is 15.1. The van der Waals surface area contributed by atoms with E-state index in [0.29, 0.717) is 17.2 Å². The van der Waals surface area contributed by atoms with Gasteiger partial charge in [-0.3, -0.25) is 4.98 Å². The number of halogens is 2. The van der Waals surface area contributed by atoms with E-state index in [1.165, 1.54) is 6.07 Å². The molecule has 2 N–H and O–H groups in total. The molecule has 0 amide bonds. The molecule has 1 atom stereocenters. The molecule has 2 heterocycles. The zero-order chi connectivity index (χ0) is 18.6. The van der Waals surface area contributed by atoms with Crippen LogP contribution in [0.15, 0.2) is 30.6 Å². The number of rotatable bonds is 7. The summed E-state index contributed by atoms with van der Waals surface area (Å²) in [5.41, 5.74) is 7.42. The third-order valence-electron chi connectivity index (χ3n) is 3.85. The Hall–Kier alpha value is -2.08. The standard InChI is InChI=1S/C19H25F2N3O/c1-12(2)10-19(4,22)11-25-18-16(17(20)21)9-15(13(3)24-18)14-5-7-23-8-6-14/h5-9,12,17H,10-11,22H2,1-4H3. The van der Waals surface area contributed by atoms with Gasteiger partial charge >= 0.3 is 0 Å². The highest BCUT2D eigenvalue weighted by molar-refractivity contribution is 5.66. The Balaban J connectivity index is 2.31. The van der Waals surface area contributed by atoms with E-state index in [-0.39, 0.29) is 18.1 Å². The minimum absolute atomic E-state index is 0.0502. The Labute approximate surface area is 147 Å². The lowest BCUT2D eigenvalue weighted by molar-refractivity contribution is 0.137. The lowest BCUT2D eigenvalue weighted by atomic mass is 9.93. The first-order chi connectivity index (χ1) is 11.7. The molecule has 0 fully saturated rings. The van der Waals surface area contributed by atoms with Gasteiger partial charge in [0, 0.05) is 29.2 Å². The van der Waals surface area contributed by atoms with Crippen LogP contribution in [0, 0.1) is 12.8 Å². The monoisotopic (exact) mass is 349 g/mol. The summed E-state index contributed by atoms with van der Waals surface area (Å²) in [4.78, 5) is 8.22. The van der Waals surface area contributed by atoms with Gasteiger partial charge in [-0.2, -0.15) is 0 Å². The van der Waals surface area contributed by atoms with Crippen LogP contribution in [0.5, 0.6) is 5.88 Å². The maximum absolute atomic E-state index is 13.5. The molecule has 0 aliphatic heterocycles. The first-order valence-electron chi connectivity index (χ1n) is 8.31. The highest BCUT2D eigenvalue weighted by atomic mass is 19.3. The van der Waals surface area contributed by atoms with Crippen LogP contribution in [-0.4, -0.2) is 22.1 Å². The number of hydrogen-bond acceptors (Lipinski definition) is 4. The Morgan fingerprint density at radius 2 is 1.88 bits per heavy atom. The Kier molecular flexibility index (Phi) is 6.06. The molecule has 0 spiro atoms. The van der Waals surface area contributed by atoms with E-state index >= 15 is 0 Å². The second kappa shape index (κ2) is 7.87. The van der Waals surface area contributed by atoms with Gasteiger partial charge in [-0.15, -0.1) is 0 Å². The maximum Gasteiger partial charge on any atom is 0.269 e. The van der Waals surface area contributed by atoms with Crippen molar-refractivity contribution in [2.45, 2.75) is 46.1 Å². The van der Waals surface area contributed by atoms with Crippen LogP contribution in [-0.2, 0) is 0 Å². The van der Waals surface area contributed by atoms with Crippen LogP contribution in [0.4, 0.5) is 8.78 Å². The molecule has 0 radical (unpaired) electrons. The fourth-order valence-electron chi connectivity index (χ4n) is 2.92. The molecule has 0 aliphatic rings. The van der Waals surface area contributed by atoms with E-state index in [1.54, 1.807) is 31.5 Å². The number of nitrogens with zero attached hydrogens (tertiary/aromatic N) is 2. The van der Waals surface area contributed by atoms with Crippen LogP contribution in [0.25, 0.3) is 11.1 Å². The summed E-state index contributed by atoms with van der Waals surface area (Å²) in [5, 5.41) is 0. The van der Waals surface area contributed by atoms with E-state index < -0.39 is 12.0 Å². The van der Waals surface area contributed by atoms with Crippen molar-refractivity contribution in [3.8, 4) is 17.0 Å². The Morgan fingerprint density at radius 3 is 2.44 bits per heavy atom. The normalized spacial score (nSPS) is 14.0. The average Bonchev–Trinajstić information content (AvgIpc) is 2.52. The highest BCUT2D eigenvalue weighted by Crippen LogP contribution is 2.34. The van der Waals surface area contributed by atoms with Gasteiger partial charge in [-0.25, -0.2) is 13.8 Å². The number of nitrogens with two attached hydrogens (primary N) is 1. The Morgan fingerprint density at radius 1 is 1.24 bits per heavy atom. The van der Waals surface area contributed by atoms with Gasteiger partial charge in [0.25, 0.3) is 6.43 Å². The lowest BCUT2D eigenvalue weighted by Gasteiger charge is -2.27. The first-order valence-corrected chi connectivity index (χ1v) is 8.31. The van der Waals surface area contributed by atoms with Crippen molar-refractivity contribution in [1.82, 2.24) is 9.97 Å². The number of alkyl halides is 2. The van der Waals surface area contributed by atoms with Crippen molar-refractivity contribution >= 4 is 0 Å². The van der Waals surface area contributed by atoms with E-state index in [2.05, 4.69) is 23.8 Å². The predicted octanol–water partition coefficient (Wildman–Crippen LogP) is 4.53. The quantitative estimate of drug-likeness (QED) is 0.798. The molecule has 0 bridgehead atoms. The molecule has 6 heteroatoms. The molecule has 1 unspecified atom stereocenters. The van der Waals surface area contributed by atoms with Crippen LogP contribution in [0.1, 0.15) is 44.9 Å². The minimum Gasteiger partial charge on any atom is -0.475 e. The van der Waals surface area contributed by atoms with Gasteiger partial charge in [0.15, 0.2) is 0 Å². The fraction of sp³-hybridized carbons (Fsp3) is 0.474. The van der Waals surface area contributed by atoms with Crippen molar-refractivity contribution in [2.75, 3.05) is 6.61 Å². The molecule has 0 saturated carbocycles. The fourth-order valence-corrected chi connectivity index (χ4v) is 2.92. The molecule has 2 rings (SSSR count). The highest BCUT2D eigenvalue weighted by Gasteiger charge is 2.24. The first kappa shape index (κ1) is 19.2. The van der Waals surface area contributed by atoms with Crippen LogP contribution < -0.4 is 10.5 Å². The molecule has 2 aromatic heterocycles. The number of pyridine rings is 2. The van der Waals surface area contributed by atoms with Crippen molar-refractivity contribution in [1.29, 1.82) is 0 Å². The van der Waals surface area contributed by atoms with E-state index in [9.17, 15) is 8.78 Å². The number of ether oxygens (including phenoxy) is 1. The molecular weight excluding hydrogens is 324 g/mol. The molecule has 0 aromatic carbocycles. The SMILES string of the molecule is Cc1nc(OCC(C)(N)CC(C)C)c(C(F)F)cc1-c1ccncc1. The second-order valence-electron chi connectivity index (χ2n) is 7.09. The van der Waals surface area contributed by atoms with Crippen molar-refractivity contribution in [3.63, 3.8) is 0 Å².